The summed E-state index contributed by atoms with van der Waals surface area (Å²) >= 11 is 0. The first-order chi connectivity index (χ1) is 13.3. The minimum Gasteiger partial charge on any atom is -0.464 e. The normalized spacial score (nSPS) is 16.7. The molecule has 0 aliphatic carbocycles. The van der Waals surface area contributed by atoms with Crippen molar-refractivity contribution in [3.05, 3.63) is 35.1 Å². The third kappa shape index (κ3) is 4.07. The van der Waals surface area contributed by atoms with Crippen LogP contribution in [-0.4, -0.2) is 47.9 Å². The zero-order chi connectivity index (χ0) is 20.4. The van der Waals surface area contributed by atoms with E-state index in [-0.39, 0.29) is 11.9 Å². The quantitative estimate of drug-likeness (QED) is 0.782. The highest BCUT2D eigenvalue weighted by molar-refractivity contribution is 5.88. The number of benzene rings is 1. The summed E-state index contributed by atoms with van der Waals surface area (Å²) in [6, 6.07) is 6.58. The number of nitriles is 1. The van der Waals surface area contributed by atoms with E-state index in [0.29, 0.717) is 31.3 Å². The summed E-state index contributed by atoms with van der Waals surface area (Å²) in [5.41, 5.74) is 4.33. The lowest BCUT2D eigenvalue weighted by molar-refractivity contribution is -0.132. The van der Waals surface area contributed by atoms with Gasteiger partial charge in [0, 0.05) is 37.1 Å². The molecule has 1 aliphatic heterocycles. The molecule has 5 nitrogen and oxygen atoms in total. The number of carbonyl (C=O) groups excluding carboxylic acids is 1. The molecule has 150 valence electrons. The van der Waals surface area contributed by atoms with Gasteiger partial charge in [-0.2, -0.15) is 5.26 Å². The fourth-order valence-electron chi connectivity index (χ4n) is 4.18. The van der Waals surface area contributed by atoms with Gasteiger partial charge in [0.1, 0.15) is 11.6 Å². The zero-order valence-electron chi connectivity index (χ0n) is 17.7. The third-order valence-electron chi connectivity index (χ3n) is 5.83. The molecule has 0 saturated carbocycles. The first-order valence-electron chi connectivity index (χ1n) is 10.2. The first-order valence-corrected chi connectivity index (χ1v) is 10.2. The zero-order valence-corrected chi connectivity index (χ0v) is 17.7. The Kier molecular flexibility index (Phi) is 6.10. The van der Waals surface area contributed by atoms with Gasteiger partial charge >= 0.3 is 0 Å². The highest BCUT2D eigenvalue weighted by atomic mass is 16.3. The summed E-state index contributed by atoms with van der Waals surface area (Å²) in [7, 11) is 0. The predicted molar refractivity (Wildman–Crippen MR) is 111 cm³/mol. The van der Waals surface area contributed by atoms with E-state index in [1.807, 2.05) is 4.90 Å². The number of hydrogen-bond donors (Lipinski definition) is 0. The van der Waals surface area contributed by atoms with Gasteiger partial charge < -0.3 is 9.32 Å². The summed E-state index contributed by atoms with van der Waals surface area (Å²) in [4.78, 5) is 17.0. The Hall–Kier alpha value is -2.32. The number of nitrogens with zero attached hydrogens (tertiary/aromatic N) is 3. The van der Waals surface area contributed by atoms with Crippen LogP contribution in [0.4, 0.5) is 0 Å². The molecule has 1 aromatic carbocycles. The van der Waals surface area contributed by atoms with E-state index < -0.39 is 0 Å². The summed E-state index contributed by atoms with van der Waals surface area (Å²) in [6.45, 7) is 13.5. The minimum atomic E-state index is -0.0761. The molecule has 1 unspecified atom stereocenters. The van der Waals surface area contributed by atoms with Crippen LogP contribution in [0.15, 0.2) is 22.8 Å². The third-order valence-corrected chi connectivity index (χ3v) is 5.83. The van der Waals surface area contributed by atoms with Crippen LogP contribution in [0.3, 0.4) is 0 Å². The second-order valence-corrected chi connectivity index (χ2v) is 8.53. The smallest absolute Gasteiger partial charge is 0.227 e. The maximum Gasteiger partial charge on any atom is 0.227 e. The fraction of sp³-hybridized carbons (Fsp3) is 0.565. The molecule has 3 rings (SSSR count). The van der Waals surface area contributed by atoms with Crippen LogP contribution < -0.4 is 0 Å². The Labute approximate surface area is 167 Å². The van der Waals surface area contributed by atoms with Gasteiger partial charge in [-0.15, -0.1) is 0 Å². The standard InChI is InChI=1S/C23H31N3O2/c1-15(2)19-12-20-18(14-28-22(20)10-17(19)5)11-23(27)26-8-6-25(7-9-26)21(13-24)16(3)4/h10,12,14-16,21H,6-9,11H2,1-5H3. The second kappa shape index (κ2) is 8.36. The van der Waals surface area contributed by atoms with Crippen molar-refractivity contribution in [3.63, 3.8) is 0 Å². The number of piperazine rings is 1. The van der Waals surface area contributed by atoms with Crippen LogP contribution >= 0.6 is 0 Å². The van der Waals surface area contributed by atoms with E-state index in [1.54, 1.807) is 6.26 Å². The number of carbonyl (C=O) groups is 1. The second-order valence-electron chi connectivity index (χ2n) is 8.53. The van der Waals surface area contributed by atoms with Crippen LogP contribution in [-0.2, 0) is 11.2 Å². The van der Waals surface area contributed by atoms with Gasteiger partial charge in [0.15, 0.2) is 0 Å². The first kappa shape index (κ1) is 20.4. The number of rotatable bonds is 5. The molecule has 0 spiro atoms. The van der Waals surface area contributed by atoms with Gasteiger partial charge in [-0.25, -0.2) is 0 Å². The number of aryl methyl sites for hydroxylation is 1. The van der Waals surface area contributed by atoms with Gasteiger partial charge in [-0.1, -0.05) is 27.7 Å². The lowest BCUT2D eigenvalue weighted by Gasteiger charge is -2.38. The van der Waals surface area contributed by atoms with Crippen molar-refractivity contribution in [2.24, 2.45) is 5.92 Å². The van der Waals surface area contributed by atoms with Gasteiger partial charge in [0.25, 0.3) is 0 Å². The fourth-order valence-corrected chi connectivity index (χ4v) is 4.18. The Bertz CT molecular complexity index is 883. The molecule has 1 aliphatic rings. The van der Waals surface area contributed by atoms with E-state index in [1.165, 1.54) is 11.1 Å². The Morgan fingerprint density at radius 1 is 1.18 bits per heavy atom. The molecule has 2 aromatic rings. The summed E-state index contributed by atoms with van der Waals surface area (Å²) in [5, 5.41) is 10.4. The highest BCUT2D eigenvalue weighted by Gasteiger charge is 2.28. The van der Waals surface area contributed by atoms with Crippen LogP contribution in [0.1, 0.15) is 50.3 Å². The Morgan fingerprint density at radius 3 is 2.43 bits per heavy atom. The molecule has 0 N–H and O–H groups in total. The minimum absolute atomic E-state index is 0.0761. The van der Waals surface area contributed by atoms with E-state index in [4.69, 9.17) is 4.42 Å². The topological polar surface area (TPSA) is 60.5 Å². The maximum absolute atomic E-state index is 12.9. The molecule has 1 amide bonds. The van der Waals surface area contributed by atoms with E-state index >= 15 is 0 Å². The monoisotopic (exact) mass is 381 g/mol. The molecule has 1 saturated heterocycles. The van der Waals surface area contributed by atoms with Crippen LogP contribution in [0.25, 0.3) is 11.0 Å². The molecule has 2 heterocycles. The number of furan rings is 1. The lowest BCUT2D eigenvalue weighted by atomic mass is 9.95. The van der Waals surface area contributed by atoms with Gasteiger partial charge in [0.05, 0.1) is 18.8 Å². The van der Waals surface area contributed by atoms with Crippen molar-refractivity contribution < 1.29 is 9.21 Å². The molecule has 5 heteroatoms. The molecule has 0 bridgehead atoms. The van der Waals surface area contributed by atoms with Crippen LogP contribution in [0, 0.1) is 24.2 Å². The van der Waals surface area contributed by atoms with Crippen LogP contribution in [0.5, 0.6) is 0 Å². The Balaban J connectivity index is 1.69. The Morgan fingerprint density at radius 2 is 1.86 bits per heavy atom. The van der Waals surface area contributed by atoms with Crippen molar-refractivity contribution >= 4 is 16.9 Å². The average Bonchev–Trinajstić information content (AvgIpc) is 3.03. The number of amides is 1. The molecule has 28 heavy (non-hydrogen) atoms. The van der Waals surface area contributed by atoms with E-state index in [9.17, 15) is 10.1 Å². The molecular formula is C23H31N3O2. The summed E-state index contributed by atoms with van der Waals surface area (Å²) in [5.74, 6) is 0.861. The van der Waals surface area contributed by atoms with Gasteiger partial charge in [-0.3, -0.25) is 9.69 Å². The van der Waals surface area contributed by atoms with E-state index in [0.717, 1.165) is 29.6 Å². The predicted octanol–water partition coefficient (Wildman–Crippen LogP) is 4.10. The van der Waals surface area contributed by atoms with Crippen molar-refractivity contribution in [3.8, 4) is 6.07 Å². The number of fused-ring (bicyclic) bond motifs is 1. The molecular weight excluding hydrogens is 350 g/mol. The van der Waals surface area contributed by atoms with Crippen LogP contribution in [0.2, 0.25) is 0 Å². The summed E-state index contributed by atoms with van der Waals surface area (Å²) < 4.78 is 5.73. The molecule has 1 atom stereocenters. The largest absolute Gasteiger partial charge is 0.464 e. The van der Waals surface area contributed by atoms with Crippen molar-refractivity contribution in [1.29, 1.82) is 5.26 Å². The molecule has 1 aromatic heterocycles. The van der Waals surface area contributed by atoms with E-state index in [2.05, 4.69) is 57.7 Å². The van der Waals surface area contributed by atoms with Gasteiger partial charge in [0.2, 0.25) is 5.91 Å². The van der Waals surface area contributed by atoms with Crippen molar-refractivity contribution in [2.75, 3.05) is 26.2 Å². The number of hydrogen-bond acceptors (Lipinski definition) is 4. The average molecular weight is 382 g/mol. The SMILES string of the molecule is Cc1cc2occ(CC(=O)N3CCN(C(C#N)C(C)C)CC3)c2cc1C(C)C. The summed E-state index contributed by atoms with van der Waals surface area (Å²) in [6.07, 6.45) is 2.09. The van der Waals surface area contributed by atoms with Gasteiger partial charge in [-0.05, 0) is 42.0 Å². The molecule has 1 fully saturated rings. The van der Waals surface area contributed by atoms with Crippen molar-refractivity contribution in [2.45, 2.75) is 53.0 Å². The highest BCUT2D eigenvalue weighted by Crippen LogP contribution is 2.29. The van der Waals surface area contributed by atoms with Crippen molar-refractivity contribution in [1.82, 2.24) is 9.80 Å². The lowest BCUT2D eigenvalue weighted by Crippen LogP contribution is -2.53. The maximum atomic E-state index is 12.9. The molecule has 0 radical (unpaired) electrons.